The molecular weight excluding hydrogens is 326 g/mol. The molecule has 19 heavy (non-hydrogen) atoms. The number of hydrogen-bond acceptors (Lipinski definition) is 2. The molecule has 0 fully saturated rings. The molecule has 1 aromatic rings. The van der Waals surface area contributed by atoms with Crippen LogP contribution in [0.25, 0.3) is 0 Å². The fourth-order valence-corrected chi connectivity index (χ4v) is 2.90. The first-order valence-corrected chi connectivity index (χ1v) is 8.13. The lowest BCUT2D eigenvalue weighted by Crippen LogP contribution is -2.20. The molecule has 1 aliphatic heterocycles. The molecule has 0 saturated heterocycles. The summed E-state index contributed by atoms with van der Waals surface area (Å²) in [6.45, 7) is 7.11. The minimum Gasteiger partial charge on any atom is -0.376 e. The van der Waals surface area contributed by atoms with Crippen LogP contribution in [0.4, 0.5) is 0 Å². The second-order valence-electron chi connectivity index (χ2n) is 5.53. The van der Waals surface area contributed by atoms with Crippen molar-refractivity contribution in [3.05, 3.63) is 33.3 Å². The Morgan fingerprint density at radius 2 is 2.16 bits per heavy atom. The zero-order valence-corrected chi connectivity index (χ0v) is 13.8. The maximum absolute atomic E-state index is 12.0. The second kappa shape index (κ2) is 5.85. The Hall–Kier alpha value is -0.520. The largest absolute Gasteiger partial charge is 0.376 e. The molecule has 0 aromatic heterocycles. The minimum absolute atomic E-state index is 0.334. The highest BCUT2D eigenvalue weighted by molar-refractivity contribution is 9.10. The van der Waals surface area contributed by atoms with E-state index in [1.54, 1.807) is 6.21 Å². The Labute approximate surface area is 125 Å². The number of fused-ring (bicyclic) bond motifs is 1. The molecule has 1 heterocycles. The standard InChI is InChI=1S/C14H18BrNO2S/c1-14(2,3)19(17)16-8-11-7-12(15)6-10-4-5-18-9-13(10)11/h6-8H,4-5,9H2,1-3H3. The average molecular weight is 344 g/mol. The molecule has 104 valence electrons. The van der Waals surface area contributed by atoms with E-state index in [4.69, 9.17) is 4.74 Å². The molecular formula is C14H18BrNO2S. The fraction of sp³-hybridized carbons (Fsp3) is 0.500. The van der Waals surface area contributed by atoms with E-state index in [2.05, 4.69) is 26.4 Å². The minimum atomic E-state index is -1.23. The number of ether oxygens (including phenoxy) is 1. The Morgan fingerprint density at radius 3 is 2.84 bits per heavy atom. The topological polar surface area (TPSA) is 38.7 Å². The number of rotatable bonds is 2. The van der Waals surface area contributed by atoms with Gasteiger partial charge in [-0.15, -0.1) is 0 Å². The lowest BCUT2D eigenvalue weighted by molar-refractivity contribution is 0.110. The van der Waals surface area contributed by atoms with Crippen LogP contribution < -0.4 is 0 Å². The van der Waals surface area contributed by atoms with Crippen LogP contribution in [0.3, 0.4) is 0 Å². The molecule has 0 N–H and O–H groups in total. The van der Waals surface area contributed by atoms with Crippen LogP contribution in [0, 0.1) is 0 Å². The van der Waals surface area contributed by atoms with Crippen molar-refractivity contribution in [1.29, 1.82) is 0 Å². The van der Waals surface area contributed by atoms with Gasteiger partial charge in [-0.1, -0.05) is 15.9 Å². The highest BCUT2D eigenvalue weighted by Gasteiger charge is 2.19. The molecule has 0 amide bonds. The van der Waals surface area contributed by atoms with Gasteiger partial charge in [-0.2, -0.15) is 4.40 Å². The Morgan fingerprint density at radius 1 is 1.42 bits per heavy atom. The maximum atomic E-state index is 12.0. The quantitative estimate of drug-likeness (QED) is 0.772. The van der Waals surface area contributed by atoms with Gasteiger partial charge in [-0.3, -0.25) is 0 Å². The summed E-state index contributed by atoms with van der Waals surface area (Å²) in [7, 11) is -1.23. The van der Waals surface area contributed by atoms with Gasteiger partial charge in [0.2, 0.25) is 0 Å². The molecule has 2 rings (SSSR count). The van der Waals surface area contributed by atoms with Crippen LogP contribution in [0.5, 0.6) is 0 Å². The third-order valence-corrected chi connectivity index (χ3v) is 4.72. The third kappa shape index (κ3) is 3.74. The van der Waals surface area contributed by atoms with E-state index in [-0.39, 0.29) is 4.75 Å². The number of benzene rings is 1. The summed E-state index contributed by atoms with van der Waals surface area (Å²) in [4.78, 5) is 0. The SMILES string of the molecule is CC(C)(C)S(=O)N=Cc1cc(Br)cc2c1COCC2. The van der Waals surface area contributed by atoms with E-state index in [1.165, 1.54) is 5.56 Å². The van der Waals surface area contributed by atoms with E-state index in [0.29, 0.717) is 6.61 Å². The monoisotopic (exact) mass is 343 g/mol. The van der Waals surface area contributed by atoms with Crippen LogP contribution in [-0.2, 0) is 28.8 Å². The van der Waals surface area contributed by atoms with E-state index in [0.717, 1.165) is 28.6 Å². The van der Waals surface area contributed by atoms with Gasteiger partial charge < -0.3 is 4.74 Å². The van der Waals surface area contributed by atoms with Crippen LogP contribution in [0.15, 0.2) is 21.0 Å². The van der Waals surface area contributed by atoms with Crippen LogP contribution >= 0.6 is 15.9 Å². The summed E-state index contributed by atoms with van der Waals surface area (Å²) in [5.74, 6) is 0. The maximum Gasteiger partial charge on any atom is 0.144 e. The molecule has 5 heteroatoms. The average Bonchev–Trinajstić information content (AvgIpc) is 2.34. The normalized spacial score (nSPS) is 17.5. The number of nitrogens with zero attached hydrogens (tertiary/aromatic N) is 1. The predicted octanol–water partition coefficient (Wildman–Crippen LogP) is 3.40. The first-order valence-electron chi connectivity index (χ1n) is 6.23. The van der Waals surface area contributed by atoms with Gasteiger partial charge in [0.05, 0.1) is 18.0 Å². The summed E-state index contributed by atoms with van der Waals surface area (Å²) < 4.78 is 22.3. The molecule has 1 aliphatic rings. The van der Waals surface area contributed by atoms with Crippen molar-refractivity contribution in [2.24, 2.45) is 4.40 Å². The van der Waals surface area contributed by atoms with Gasteiger partial charge in [-0.05, 0) is 50.5 Å². The highest BCUT2D eigenvalue weighted by atomic mass is 79.9. The summed E-state index contributed by atoms with van der Waals surface area (Å²) in [5, 5.41) is 0. The molecule has 0 aliphatic carbocycles. The molecule has 0 bridgehead atoms. The van der Waals surface area contributed by atoms with E-state index in [1.807, 2.05) is 26.8 Å². The molecule has 1 atom stereocenters. The predicted molar refractivity (Wildman–Crippen MR) is 83.0 cm³/mol. The van der Waals surface area contributed by atoms with Gasteiger partial charge in [-0.25, -0.2) is 4.21 Å². The summed E-state index contributed by atoms with van der Waals surface area (Å²) >= 11 is 3.51. The zero-order chi connectivity index (χ0) is 14.0. The van der Waals surface area contributed by atoms with Gasteiger partial charge in [0.1, 0.15) is 11.0 Å². The summed E-state index contributed by atoms with van der Waals surface area (Å²) in [6, 6.07) is 4.12. The van der Waals surface area contributed by atoms with E-state index >= 15 is 0 Å². The lowest BCUT2D eigenvalue weighted by Gasteiger charge is -2.19. The van der Waals surface area contributed by atoms with Crippen LogP contribution in [0.2, 0.25) is 0 Å². The van der Waals surface area contributed by atoms with Crippen molar-refractivity contribution >= 4 is 33.1 Å². The van der Waals surface area contributed by atoms with Crippen molar-refractivity contribution in [3.63, 3.8) is 0 Å². The Balaban J connectivity index is 2.32. The van der Waals surface area contributed by atoms with Crippen molar-refractivity contribution in [2.75, 3.05) is 6.61 Å². The van der Waals surface area contributed by atoms with Gasteiger partial charge in [0.25, 0.3) is 0 Å². The molecule has 0 spiro atoms. The highest BCUT2D eigenvalue weighted by Crippen LogP contribution is 2.25. The summed E-state index contributed by atoms with van der Waals surface area (Å²) in [5.41, 5.74) is 3.43. The molecule has 1 unspecified atom stereocenters. The lowest BCUT2D eigenvalue weighted by atomic mass is 9.98. The number of hydrogen-bond donors (Lipinski definition) is 0. The fourth-order valence-electron chi connectivity index (χ4n) is 1.85. The van der Waals surface area contributed by atoms with Crippen molar-refractivity contribution in [2.45, 2.75) is 38.5 Å². The zero-order valence-electron chi connectivity index (χ0n) is 11.4. The first-order chi connectivity index (χ1) is 8.88. The molecule has 1 aromatic carbocycles. The third-order valence-electron chi connectivity index (χ3n) is 2.92. The Bertz CT molecular complexity index is 535. The molecule has 3 nitrogen and oxygen atoms in total. The van der Waals surface area contributed by atoms with Crippen molar-refractivity contribution in [1.82, 2.24) is 0 Å². The number of halogens is 1. The molecule has 0 radical (unpaired) electrons. The van der Waals surface area contributed by atoms with Gasteiger partial charge in [0, 0.05) is 16.3 Å². The van der Waals surface area contributed by atoms with E-state index < -0.39 is 11.0 Å². The van der Waals surface area contributed by atoms with Gasteiger partial charge in [0.15, 0.2) is 0 Å². The summed E-state index contributed by atoms with van der Waals surface area (Å²) in [6.07, 6.45) is 2.62. The molecule has 0 saturated carbocycles. The van der Waals surface area contributed by atoms with Crippen molar-refractivity contribution in [3.8, 4) is 0 Å². The van der Waals surface area contributed by atoms with E-state index in [9.17, 15) is 4.21 Å². The first kappa shape index (κ1) is 14.9. The van der Waals surface area contributed by atoms with Crippen molar-refractivity contribution < 1.29 is 8.95 Å². The second-order valence-corrected chi connectivity index (χ2v) is 8.38. The smallest absolute Gasteiger partial charge is 0.144 e. The van der Waals surface area contributed by atoms with Crippen LogP contribution in [-0.4, -0.2) is 21.8 Å². The Kier molecular flexibility index (Phi) is 4.58. The van der Waals surface area contributed by atoms with Crippen LogP contribution in [0.1, 0.15) is 37.5 Å². The van der Waals surface area contributed by atoms with Gasteiger partial charge >= 0.3 is 0 Å².